The van der Waals surface area contributed by atoms with Crippen LogP contribution in [0, 0.1) is 12.7 Å². The fraction of sp³-hybridized carbons (Fsp3) is 0.0526. The first-order valence-corrected chi connectivity index (χ1v) is 7.30. The summed E-state index contributed by atoms with van der Waals surface area (Å²) in [5.74, 6) is -0.296. The maximum atomic E-state index is 13.3. The van der Waals surface area contributed by atoms with Crippen molar-refractivity contribution in [3.63, 3.8) is 0 Å². The molecule has 1 heterocycles. The number of benzene rings is 2. The zero-order chi connectivity index (χ0) is 16.1. The van der Waals surface area contributed by atoms with Gasteiger partial charge >= 0.3 is 0 Å². The molecule has 0 aliphatic carbocycles. The molecule has 0 aliphatic rings. The van der Waals surface area contributed by atoms with Crippen molar-refractivity contribution in [2.24, 2.45) is 5.10 Å². The molecule has 0 saturated carbocycles. The molecule has 0 atom stereocenters. The van der Waals surface area contributed by atoms with E-state index in [9.17, 15) is 4.39 Å². The first-order valence-electron chi connectivity index (χ1n) is 7.30. The van der Waals surface area contributed by atoms with Crippen LogP contribution in [-0.4, -0.2) is 11.2 Å². The number of fused-ring (bicyclic) bond motifs is 1. The predicted octanol–water partition coefficient (Wildman–Crippen LogP) is 4.79. The number of aryl methyl sites for hydroxylation is 1. The summed E-state index contributed by atoms with van der Waals surface area (Å²) in [6.07, 6.45) is 5.51. The Morgan fingerprint density at radius 2 is 1.91 bits per heavy atom. The third-order valence-electron chi connectivity index (χ3n) is 3.33. The Hall–Kier alpha value is -3.01. The highest BCUT2D eigenvalue weighted by atomic mass is 19.1. The second-order valence-corrected chi connectivity index (χ2v) is 5.13. The molecule has 114 valence electrons. The molecule has 4 heteroatoms. The van der Waals surface area contributed by atoms with E-state index in [0.717, 1.165) is 22.3 Å². The van der Waals surface area contributed by atoms with Gasteiger partial charge in [0.25, 0.3) is 0 Å². The van der Waals surface area contributed by atoms with Crippen molar-refractivity contribution in [2.45, 2.75) is 6.92 Å². The summed E-state index contributed by atoms with van der Waals surface area (Å²) in [6, 6.07) is 16.4. The number of allylic oxidation sites excluding steroid dienone is 1. The highest BCUT2D eigenvalue weighted by Crippen LogP contribution is 2.23. The van der Waals surface area contributed by atoms with Gasteiger partial charge in [0.05, 0.1) is 11.2 Å². The average Bonchev–Trinajstić information content (AvgIpc) is 2.54. The van der Waals surface area contributed by atoms with E-state index in [0.29, 0.717) is 5.52 Å². The molecule has 0 aliphatic heterocycles. The lowest BCUT2D eigenvalue weighted by molar-refractivity contribution is 0.629. The van der Waals surface area contributed by atoms with Gasteiger partial charge in [-0.1, -0.05) is 36.4 Å². The van der Waals surface area contributed by atoms with Crippen LogP contribution in [0.1, 0.15) is 11.3 Å². The Kier molecular flexibility index (Phi) is 4.43. The van der Waals surface area contributed by atoms with Crippen LogP contribution in [0.15, 0.2) is 65.8 Å². The Morgan fingerprint density at radius 3 is 2.74 bits per heavy atom. The number of rotatable bonds is 4. The number of aromatic nitrogens is 1. The summed E-state index contributed by atoms with van der Waals surface area (Å²) >= 11 is 0. The largest absolute Gasteiger partial charge is 0.278 e. The van der Waals surface area contributed by atoms with Gasteiger partial charge in [-0.25, -0.2) is 4.39 Å². The normalized spacial score (nSPS) is 11.6. The van der Waals surface area contributed by atoms with Crippen molar-refractivity contribution in [1.29, 1.82) is 0 Å². The molecular formula is C19H16FN3. The lowest BCUT2D eigenvalue weighted by atomic mass is 10.1. The number of hydrogen-bond donors (Lipinski definition) is 1. The van der Waals surface area contributed by atoms with Gasteiger partial charge in [0.2, 0.25) is 0 Å². The van der Waals surface area contributed by atoms with Gasteiger partial charge in [-0.05, 0) is 36.8 Å². The lowest BCUT2D eigenvalue weighted by Crippen LogP contribution is -1.94. The van der Waals surface area contributed by atoms with E-state index in [1.54, 1.807) is 12.3 Å². The van der Waals surface area contributed by atoms with E-state index in [2.05, 4.69) is 15.5 Å². The minimum Gasteiger partial charge on any atom is -0.278 e. The maximum Gasteiger partial charge on any atom is 0.125 e. The second kappa shape index (κ2) is 6.83. The van der Waals surface area contributed by atoms with Crippen LogP contribution in [-0.2, 0) is 0 Å². The standard InChI is InChI=1S/C19H16FN3/c1-14-12-19(17-10-9-16(20)13-18(17)22-14)23-21-11-5-8-15-6-3-2-4-7-15/h2-13H,1H3,(H,22,23). The van der Waals surface area contributed by atoms with E-state index in [-0.39, 0.29) is 5.82 Å². The van der Waals surface area contributed by atoms with Crippen LogP contribution in [0.2, 0.25) is 0 Å². The third-order valence-corrected chi connectivity index (χ3v) is 3.33. The Labute approximate surface area is 134 Å². The molecule has 0 saturated heterocycles. The van der Waals surface area contributed by atoms with E-state index >= 15 is 0 Å². The minimum absolute atomic E-state index is 0.296. The minimum atomic E-state index is -0.296. The fourth-order valence-electron chi connectivity index (χ4n) is 2.29. The number of pyridine rings is 1. The molecule has 3 rings (SSSR count). The summed E-state index contributed by atoms with van der Waals surface area (Å²) in [5, 5.41) is 5.02. The van der Waals surface area contributed by atoms with Crippen molar-refractivity contribution in [2.75, 3.05) is 5.43 Å². The lowest BCUT2D eigenvalue weighted by Gasteiger charge is -2.06. The molecule has 3 aromatic rings. The molecule has 0 unspecified atom stereocenters. The van der Waals surface area contributed by atoms with Crippen molar-refractivity contribution in [3.8, 4) is 0 Å². The molecule has 23 heavy (non-hydrogen) atoms. The van der Waals surface area contributed by atoms with Crippen molar-refractivity contribution in [1.82, 2.24) is 4.98 Å². The fourth-order valence-corrected chi connectivity index (χ4v) is 2.29. The summed E-state index contributed by atoms with van der Waals surface area (Å²) in [6.45, 7) is 1.87. The van der Waals surface area contributed by atoms with Crippen LogP contribution < -0.4 is 5.43 Å². The van der Waals surface area contributed by atoms with Crippen LogP contribution >= 0.6 is 0 Å². The van der Waals surface area contributed by atoms with Crippen LogP contribution in [0.3, 0.4) is 0 Å². The number of hydrogen-bond acceptors (Lipinski definition) is 3. The molecule has 0 amide bonds. The first-order chi connectivity index (χ1) is 11.2. The Balaban J connectivity index is 1.76. The van der Waals surface area contributed by atoms with E-state index in [1.807, 2.05) is 55.5 Å². The molecule has 1 N–H and O–H groups in total. The van der Waals surface area contributed by atoms with Gasteiger partial charge in [-0.3, -0.25) is 10.4 Å². The Morgan fingerprint density at radius 1 is 1.09 bits per heavy atom. The first kappa shape index (κ1) is 14.9. The predicted molar refractivity (Wildman–Crippen MR) is 94.0 cm³/mol. The molecule has 0 bridgehead atoms. The van der Waals surface area contributed by atoms with Gasteiger partial charge in [-0.15, -0.1) is 0 Å². The second-order valence-electron chi connectivity index (χ2n) is 5.13. The van der Waals surface area contributed by atoms with Crippen molar-refractivity contribution >= 4 is 28.9 Å². The van der Waals surface area contributed by atoms with Gasteiger partial charge in [-0.2, -0.15) is 5.10 Å². The van der Waals surface area contributed by atoms with Gasteiger partial charge in [0, 0.05) is 23.4 Å². The summed E-state index contributed by atoms with van der Waals surface area (Å²) in [4.78, 5) is 4.34. The summed E-state index contributed by atoms with van der Waals surface area (Å²) in [7, 11) is 0. The van der Waals surface area contributed by atoms with Crippen molar-refractivity contribution < 1.29 is 4.39 Å². The van der Waals surface area contributed by atoms with E-state index in [4.69, 9.17) is 0 Å². The SMILES string of the molecule is Cc1cc(NN=CC=Cc2ccccc2)c2ccc(F)cc2n1. The number of halogens is 1. The zero-order valence-corrected chi connectivity index (χ0v) is 12.7. The molecule has 0 fully saturated rings. The zero-order valence-electron chi connectivity index (χ0n) is 12.7. The Bertz CT molecular complexity index is 865. The average molecular weight is 305 g/mol. The quantitative estimate of drug-likeness (QED) is 0.555. The smallest absolute Gasteiger partial charge is 0.125 e. The van der Waals surface area contributed by atoms with Gasteiger partial charge < -0.3 is 0 Å². The highest BCUT2D eigenvalue weighted by Gasteiger charge is 2.04. The molecule has 1 aromatic heterocycles. The molecule has 0 radical (unpaired) electrons. The van der Waals surface area contributed by atoms with Crippen LogP contribution in [0.5, 0.6) is 0 Å². The molecule has 0 spiro atoms. The monoisotopic (exact) mass is 305 g/mol. The van der Waals surface area contributed by atoms with Gasteiger partial charge in [0.15, 0.2) is 0 Å². The summed E-state index contributed by atoms with van der Waals surface area (Å²) in [5.41, 5.74) is 6.32. The number of nitrogens with zero attached hydrogens (tertiary/aromatic N) is 2. The van der Waals surface area contributed by atoms with E-state index in [1.165, 1.54) is 12.1 Å². The van der Waals surface area contributed by atoms with Crippen molar-refractivity contribution in [3.05, 3.63) is 77.7 Å². The van der Waals surface area contributed by atoms with Gasteiger partial charge in [0.1, 0.15) is 5.82 Å². The summed E-state index contributed by atoms with van der Waals surface area (Å²) < 4.78 is 13.3. The molecule has 3 nitrogen and oxygen atoms in total. The molecular weight excluding hydrogens is 289 g/mol. The van der Waals surface area contributed by atoms with Crippen LogP contribution in [0.4, 0.5) is 10.1 Å². The van der Waals surface area contributed by atoms with Crippen LogP contribution in [0.25, 0.3) is 17.0 Å². The van der Waals surface area contributed by atoms with E-state index < -0.39 is 0 Å². The maximum absolute atomic E-state index is 13.3. The number of hydrazone groups is 1. The number of nitrogens with one attached hydrogen (secondary N) is 1. The highest BCUT2D eigenvalue weighted by molar-refractivity contribution is 5.92. The molecule has 2 aromatic carbocycles. The number of anilines is 1. The third kappa shape index (κ3) is 3.80. The topological polar surface area (TPSA) is 37.3 Å².